The van der Waals surface area contributed by atoms with E-state index in [4.69, 9.17) is 9.47 Å². The lowest BCUT2D eigenvalue weighted by Gasteiger charge is -2.38. The molecule has 3 aromatic rings. The van der Waals surface area contributed by atoms with Crippen molar-refractivity contribution in [3.05, 3.63) is 95.1 Å². The molecule has 38 heavy (non-hydrogen) atoms. The van der Waals surface area contributed by atoms with Crippen molar-refractivity contribution in [2.45, 2.75) is 63.6 Å². The first-order valence-electron chi connectivity index (χ1n) is 13.5. The van der Waals surface area contributed by atoms with Crippen LogP contribution in [-0.4, -0.2) is 35.0 Å². The van der Waals surface area contributed by atoms with Gasteiger partial charge in [-0.1, -0.05) is 92.4 Å². The summed E-state index contributed by atoms with van der Waals surface area (Å²) in [5.74, 6) is 0.142. The molecule has 6 heteroatoms. The maximum atomic E-state index is 14.1. The number of nitrogens with zero attached hydrogens (tertiary/aromatic N) is 1. The molecular formula is C32H35NO5. The third-order valence-corrected chi connectivity index (χ3v) is 7.99. The molecule has 5 rings (SSSR count). The number of amides is 1. The molecule has 1 aliphatic carbocycles. The van der Waals surface area contributed by atoms with Gasteiger partial charge in [0.1, 0.15) is 12.6 Å². The van der Waals surface area contributed by atoms with Gasteiger partial charge in [0, 0.05) is 18.5 Å². The molecule has 0 aromatic heterocycles. The highest BCUT2D eigenvalue weighted by Gasteiger charge is 2.40. The number of aliphatic carboxylic acids is 1. The van der Waals surface area contributed by atoms with E-state index in [2.05, 4.69) is 0 Å². The van der Waals surface area contributed by atoms with Crippen LogP contribution in [0.5, 0.6) is 11.5 Å². The van der Waals surface area contributed by atoms with Crippen LogP contribution in [0, 0.1) is 5.92 Å². The quantitative estimate of drug-likeness (QED) is 0.381. The van der Waals surface area contributed by atoms with Crippen molar-refractivity contribution < 1.29 is 24.2 Å². The van der Waals surface area contributed by atoms with E-state index in [1.54, 1.807) is 12.0 Å². The summed E-state index contributed by atoms with van der Waals surface area (Å²) in [4.78, 5) is 28.3. The molecule has 0 bridgehead atoms. The molecule has 1 saturated carbocycles. The Labute approximate surface area is 224 Å². The first-order chi connectivity index (χ1) is 18.5. The van der Waals surface area contributed by atoms with Crippen LogP contribution in [0.2, 0.25) is 0 Å². The number of rotatable bonds is 9. The van der Waals surface area contributed by atoms with Gasteiger partial charge in [0.15, 0.2) is 11.5 Å². The Balaban J connectivity index is 1.46. The summed E-state index contributed by atoms with van der Waals surface area (Å²) in [6.45, 7) is 0.566. The van der Waals surface area contributed by atoms with E-state index >= 15 is 0 Å². The van der Waals surface area contributed by atoms with E-state index in [9.17, 15) is 14.7 Å². The molecule has 2 aliphatic rings. The smallest absolute Gasteiger partial charge is 0.326 e. The van der Waals surface area contributed by atoms with Crippen LogP contribution in [0.25, 0.3) is 0 Å². The third-order valence-electron chi connectivity index (χ3n) is 7.99. The standard InChI is InChI=1S/C32H35NO5/c1-37-29-17-16-25-20-33(31(34)27(18-22-10-8-9-11-22)24-14-6-3-7-15-24)28(32(35)36)19-26(25)30(29)38-21-23-12-4-2-5-13-23/h2-7,12-17,22,27-28H,8-11,18-21H2,1H3,(H,35,36)/t27-,28-/m0/s1. The Kier molecular flexibility index (Phi) is 7.97. The summed E-state index contributed by atoms with van der Waals surface area (Å²) < 4.78 is 11.8. The van der Waals surface area contributed by atoms with Crippen molar-refractivity contribution in [3.63, 3.8) is 0 Å². The molecule has 1 N–H and O–H groups in total. The van der Waals surface area contributed by atoms with E-state index in [1.807, 2.05) is 72.8 Å². The van der Waals surface area contributed by atoms with Crippen LogP contribution in [-0.2, 0) is 29.2 Å². The van der Waals surface area contributed by atoms with E-state index in [1.165, 1.54) is 12.8 Å². The van der Waals surface area contributed by atoms with Crippen LogP contribution in [0.3, 0.4) is 0 Å². The average Bonchev–Trinajstić information content (AvgIpc) is 3.48. The van der Waals surface area contributed by atoms with Gasteiger partial charge in [-0.05, 0) is 35.1 Å². The lowest BCUT2D eigenvalue weighted by Crippen LogP contribution is -2.50. The molecule has 198 valence electrons. The second kappa shape index (κ2) is 11.7. The first-order valence-corrected chi connectivity index (χ1v) is 13.5. The van der Waals surface area contributed by atoms with Crippen LogP contribution < -0.4 is 9.47 Å². The van der Waals surface area contributed by atoms with Gasteiger partial charge in [0.25, 0.3) is 0 Å². The second-order valence-corrected chi connectivity index (χ2v) is 10.4. The van der Waals surface area contributed by atoms with Crippen LogP contribution in [0.1, 0.15) is 60.3 Å². The number of hydrogen-bond acceptors (Lipinski definition) is 4. The van der Waals surface area contributed by atoms with Crippen molar-refractivity contribution in [2.24, 2.45) is 5.92 Å². The maximum absolute atomic E-state index is 14.1. The molecule has 0 saturated heterocycles. The summed E-state index contributed by atoms with van der Waals surface area (Å²) >= 11 is 0. The number of hydrogen-bond donors (Lipinski definition) is 1. The fraction of sp³-hybridized carbons (Fsp3) is 0.375. The van der Waals surface area contributed by atoms with E-state index in [0.29, 0.717) is 24.0 Å². The Morgan fingerprint density at radius 3 is 2.32 bits per heavy atom. The maximum Gasteiger partial charge on any atom is 0.326 e. The van der Waals surface area contributed by atoms with Crippen molar-refractivity contribution in [2.75, 3.05) is 7.11 Å². The molecule has 1 amide bonds. The van der Waals surface area contributed by atoms with E-state index in [0.717, 1.165) is 41.5 Å². The summed E-state index contributed by atoms with van der Waals surface area (Å²) in [5, 5.41) is 10.3. The number of benzene rings is 3. The third kappa shape index (κ3) is 5.54. The molecule has 2 atom stereocenters. The number of carbonyl (C=O) groups is 2. The largest absolute Gasteiger partial charge is 0.493 e. The van der Waals surface area contributed by atoms with Gasteiger partial charge >= 0.3 is 5.97 Å². The number of methoxy groups -OCH3 is 1. The molecule has 0 spiro atoms. The molecule has 1 aliphatic heterocycles. The number of ether oxygens (including phenoxy) is 2. The molecule has 0 radical (unpaired) electrons. The van der Waals surface area contributed by atoms with E-state index in [-0.39, 0.29) is 24.8 Å². The van der Waals surface area contributed by atoms with Crippen molar-refractivity contribution >= 4 is 11.9 Å². The zero-order valence-corrected chi connectivity index (χ0v) is 21.8. The summed E-state index contributed by atoms with van der Waals surface area (Å²) in [6, 6.07) is 22.5. The van der Waals surface area contributed by atoms with Gasteiger partial charge in [0.2, 0.25) is 5.91 Å². The van der Waals surface area contributed by atoms with Crippen LogP contribution in [0.4, 0.5) is 0 Å². The van der Waals surface area contributed by atoms with Gasteiger partial charge in [-0.15, -0.1) is 0 Å². The fourth-order valence-corrected chi connectivity index (χ4v) is 5.96. The van der Waals surface area contributed by atoms with Gasteiger partial charge in [0.05, 0.1) is 13.0 Å². The molecule has 3 aromatic carbocycles. The fourth-order valence-electron chi connectivity index (χ4n) is 5.96. The minimum Gasteiger partial charge on any atom is -0.493 e. The normalized spacial score (nSPS) is 18.0. The summed E-state index contributed by atoms with van der Waals surface area (Å²) in [5.41, 5.74) is 3.66. The van der Waals surface area contributed by atoms with Gasteiger partial charge in [-0.3, -0.25) is 4.79 Å². The van der Waals surface area contributed by atoms with Crippen molar-refractivity contribution in [1.82, 2.24) is 4.90 Å². The minimum atomic E-state index is -1.01. The lowest BCUT2D eigenvalue weighted by molar-refractivity contribution is -0.152. The van der Waals surface area contributed by atoms with Crippen molar-refractivity contribution in [3.8, 4) is 11.5 Å². The highest BCUT2D eigenvalue weighted by molar-refractivity contribution is 5.89. The first kappa shape index (κ1) is 25.8. The minimum absolute atomic E-state index is 0.108. The molecule has 0 unspecified atom stereocenters. The van der Waals surface area contributed by atoms with Crippen molar-refractivity contribution in [1.29, 1.82) is 0 Å². The highest BCUT2D eigenvalue weighted by atomic mass is 16.5. The molecule has 6 nitrogen and oxygen atoms in total. The molecule has 1 fully saturated rings. The van der Waals surface area contributed by atoms with Crippen LogP contribution in [0.15, 0.2) is 72.8 Å². The Bertz CT molecular complexity index is 1250. The molecular weight excluding hydrogens is 478 g/mol. The predicted molar refractivity (Wildman–Crippen MR) is 145 cm³/mol. The summed E-state index contributed by atoms with van der Waals surface area (Å²) in [6.07, 6.45) is 5.58. The van der Waals surface area contributed by atoms with Gasteiger partial charge in [-0.2, -0.15) is 0 Å². The predicted octanol–water partition coefficient (Wildman–Crippen LogP) is 5.98. The zero-order chi connectivity index (χ0) is 26.5. The second-order valence-electron chi connectivity index (χ2n) is 10.4. The zero-order valence-electron chi connectivity index (χ0n) is 21.8. The monoisotopic (exact) mass is 513 g/mol. The number of carboxylic acids is 1. The molecule has 1 heterocycles. The van der Waals surface area contributed by atoms with Gasteiger partial charge in [-0.25, -0.2) is 4.79 Å². The van der Waals surface area contributed by atoms with Crippen LogP contribution >= 0.6 is 0 Å². The highest BCUT2D eigenvalue weighted by Crippen LogP contribution is 2.41. The topological polar surface area (TPSA) is 76.1 Å². The Morgan fingerprint density at radius 2 is 1.66 bits per heavy atom. The lowest BCUT2D eigenvalue weighted by atomic mass is 9.85. The Morgan fingerprint density at radius 1 is 0.974 bits per heavy atom. The number of carboxylic acid groups (broad SMARTS) is 1. The van der Waals surface area contributed by atoms with Gasteiger partial charge < -0.3 is 19.5 Å². The number of carbonyl (C=O) groups excluding carboxylic acids is 1. The Hall–Kier alpha value is -3.80. The number of fused-ring (bicyclic) bond motifs is 1. The SMILES string of the molecule is COc1ccc2c(c1OCc1ccccc1)C[C@@H](C(=O)O)N(C(=O)[C@@H](CC1CCCC1)c1ccccc1)C2. The average molecular weight is 514 g/mol. The van der Waals surface area contributed by atoms with E-state index < -0.39 is 12.0 Å². The summed E-state index contributed by atoms with van der Waals surface area (Å²) in [7, 11) is 1.58.